The molecular weight excluding hydrogens is 266 g/mol. The molecule has 1 heterocycles. The predicted octanol–water partition coefficient (Wildman–Crippen LogP) is 0.252. The van der Waals surface area contributed by atoms with E-state index < -0.39 is 16.6 Å². The number of hydrogen-bond donors (Lipinski definition) is 1. The van der Waals surface area contributed by atoms with Crippen LogP contribution in [-0.2, 0) is 11.3 Å². The minimum atomic E-state index is -0.767. The molecule has 8 heteroatoms. The van der Waals surface area contributed by atoms with Crippen LogP contribution in [0.2, 0.25) is 0 Å². The standard InChI is InChI=1S/C12H9N3O5/c1-2-5-13-11(16)7-14-9-4-3-8(15(18)19)6-10(9)20-12(14)17/h1,3-4,6H,5,7H2,(H,13,16). The number of nitrogens with one attached hydrogen (secondary N) is 1. The van der Waals surface area contributed by atoms with Crippen molar-refractivity contribution in [3.8, 4) is 12.3 Å². The normalized spacial score (nSPS) is 10.2. The second-order valence-electron chi connectivity index (χ2n) is 3.84. The predicted molar refractivity (Wildman–Crippen MR) is 69.0 cm³/mol. The van der Waals surface area contributed by atoms with E-state index >= 15 is 0 Å². The second-order valence-corrected chi connectivity index (χ2v) is 3.84. The number of oxazole rings is 1. The Morgan fingerprint density at radius 1 is 1.55 bits per heavy atom. The van der Waals surface area contributed by atoms with Gasteiger partial charge >= 0.3 is 5.76 Å². The van der Waals surface area contributed by atoms with Crippen molar-refractivity contribution in [3.63, 3.8) is 0 Å². The molecule has 0 unspecified atom stereocenters. The van der Waals surface area contributed by atoms with Crippen LogP contribution < -0.4 is 11.1 Å². The van der Waals surface area contributed by atoms with Crippen LogP contribution in [0.15, 0.2) is 27.4 Å². The number of nitro benzene ring substituents is 1. The Labute approximate surface area is 112 Å². The molecule has 20 heavy (non-hydrogen) atoms. The number of benzene rings is 1. The molecule has 0 bridgehead atoms. The Balaban J connectivity index is 2.37. The summed E-state index contributed by atoms with van der Waals surface area (Å²) in [6, 6.07) is 3.71. The van der Waals surface area contributed by atoms with Crippen LogP contribution in [-0.4, -0.2) is 21.9 Å². The first-order chi connectivity index (χ1) is 9.52. The molecule has 1 aromatic heterocycles. The fraction of sp³-hybridized carbons (Fsp3) is 0.167. The summed E-state index contributed by atoms with van der Waals surface area (Å²) in [6.07, 6.45) is 5.00. The van der Waals surface area contributed by atoms with Gasteiger partial charge in [-0.15, -0.1) is 6.42 Å². The van der Waals surface area contributed by atoms with Crippen LogP contribution in [0.5, 0.6) is 0 Å². The highest BCUT2D eigenvalue weighted by atomic mass is 16.6. The SMILES string of the molecule is C#CCNC(=O)Cn1c(=O)oc2cc([N+](=O)[O-])ccc21. The van der Waals surface area contributed by atoms with Crippen molar-refractivity contribution in [2.24, 2.45) is 0 Å². The quantitative estimate of drug-likeness (QED) is 0.489. The van der Waals surface area contributed by atoms with E-state index in [1.165, 1.54) is 12.1 Å². The molecule has 0 atom stereocenters. The molecule has 1 amide bonds. The minimum absolute atomic E-state index is 0.0500. The Morgan fingerprint density at radius 2 is 2.30 bits per heavy atom. The van der Waals surface area contributed by atoms with Crippen LogP contribution in [0.3, 0.4) is 0 Å². The number of aromatic nitrogens is 1. The van der Waals surface area contributed by atoms with E-state index in [1.54, 1.807) is 0 Å². The van der Waals surface area contributed by atoms with Crippen LogP contribution in [0.4, 0.5) is 5.69 Å². The molecule has 0 fully saturated rings. The summed E-state index contributed by atoms with van der Waals surface area (Å²) < 4.78 is 5.95. The van der Waals surface area contributed by atoms with Gasteiger partial charge < -0.3 is 9.73 Å². The average Bonchev–Trinajstić information content (AvgIpc) is 2.72. The Hall–Kier alpha value is -3.08. The Morgan fingerprint density at radius 3 is 2.95 bits per heavy atom. The van der Waals surface area contributed by atoms with Gasteiger partial charge in [0.2, 0.25) is 5.91 Å². The summed E-state index contributed by atoms with van der Waals surface area (Å²) in [5, 5.41) is 13.0. The van der Waals surface area contributed by atoms with E-state index in [1.807, 2.05) is 0 Å². The van der Waals surface area contributed by atoms with E-state index in [9.17, 15) is 19.7 Å². The molecule has 102 valence electrons. The zero-order valence-corrected chi connectivity index (χ0v) is 10.2. The first-order valence-electron chi connectivity index (χ1n) is 5.51. The zero-order chi connectivity index (χ0) is 14.7. The monoisotopic (exact) mass is 275 g/mol. The number of nitrogens with zero attached hydrogens (tertiary/aromatic N) is 2. The molecule has 0 aliphatic heterocycles. The third kappa shape index (κ3) is 2.51. The van der Waals surface area contributed by atoms with Gasteiger partial charge in [0, 0.05) is 6.07 Å². The molecule has 0 radical (unpaired) electrons. The van der Waals surface area contributed by atoms with Crippen molar-refractivity contribution < 1.29 is 14.1 Å². The second kappa shape index (κ2) is 5.27. The molecule has 1 N–H and O–H groups in total. The molecule has 0 saturated carbocycles. The number of amides is 1. The number of rotatable bonds is 4. The summed E-state index contributed by atoms with van der Waals surface area (Å²) in [6.45, 7) is -0.222. The lowest BCUT2D eigenvalue weighted by molar-refractivity contribution is -0.384. The van der Waals surface area contributed by atoms with Gasteiger partial charge in [0.05, 0.1) is 23.1 Å². The van der Waals surface area contributed by atoms with E-state index in [4.69, 9.17) is 10.8 Å². The van der Waals surface area contributed by atoms with Crippen molar-refractivity contribution in [1.29, 1.82) is 0 Å². The third-order valence-corrected chi connectivity index (χ3v) is 2.55. The molecule has 0 aliphatic rings. The molecule has 2 rings (SSSR count). The molecule has 0 aliphatic carbocycles. The molecule has 0 spiro atoms. The average molecular weight is 275 g/mol. The summed E-state index contributed by atoms with van der Waals surface area (Å²) in [4.78, 5) is 33.2. The highest BCUT2D eigenvalue weighted by Gasteiger charge is 2.15. The zero-order valence-electron chi connectivity index (χ0n) is 10.2. The largest absolute Gasteiger partial charge is 0.420 e. The Kier molecular flexibility index (Phi) is 3.52. The minimum Gasteiger partial charge on any atom is -0.407 e. The maximum absolute atomic E-state index is 11.6. The Bertz CT molecular complexity index is 780. The van der Waals surface area contributed by atoms with E-state index in [-0.39, 0.29) is 24.4 Å². The lowest BCUT2D eigenvalue weighted by atomic mass is 10.3. The number of hydrogen-bond acceptors (Lipinski definition) is 5. The first kappa shape index (κ1) is 13.4. The summed E-state index contributed by atoms with van der Waals surface area (Å²) in [5.74, 6) is 1.01. The topological polar surface area (TPSA) is 107 Å². The fourth-order valence-electron chi connectivity index (χ4n) is 1.67. The third-order valence-electron chi connectivity index (χ3n) is 2.55. The maximum Gasteiger partial charge on any atom is 0.420 e. The van der Waals surface area contributed by atoms with Crippen LogP contribution in [0.25, 0.3) is 11.1 Å². The first-order valence-corrected chi connectivity index (χ1v) is 5.51. The van der Waals surface area contributed by atoms with Gasteiger partial charge in [-0.25, -0.2) is 4.79 Å². The number of terminal acetylenes is 1. The highest BCUT2D eigenvalue weighted by Crippen LogP contribution is 2.19. The maximum atomic E-state index is 11.6. The summed E-state index contributed by atoms with van der Waals surface area (Å²) in [7, 11) is 0. The van der Waals surface area contributed by atoms with Crippen molar-refractivity contribution in [1.82, 2.24) is 9.88 Å². The van der Waals surface area contributed by atoms with Gasteiger partial charge in [-0.1, -0.05) is 5.92 Å². The number of nitro groups is 1. The van der Waals surface area contributed by atoms with Crippen LogP contribution in [0, 0.1) is 22.5 Å². The lowest BCUT2D eigenvalue weighted by Gasteiger charge is -2.02. The number of carbonyl (C=O) groups excluding carboxylic acids is 1. The van der Waals surface area contributed by atoms with Crippen molar-refractivity contribution >= 4 is 22.7 Å². The highest BCUT2D eigenvalue weighted by molar-refractivity contribution is 5.80. The van der Waals surface area contributed by atoms with E-state index in [0.717, 1.165) is 10.6 Å². The lowest BCUT2D eigenvalue weighted by Crippen LogP contribution is -2.30. The van der Waals surface area contributed by atoms with Gasteiger partial charge in [0.15, 0.2) is 5.58 Å². The number of carbonyl (C=O) groups is 1. The van der Waals surface area contributed by atoms with Gasteiger partial charge in [-0.2, -0.15) is 0 Å². The summed E-state index contributed by atoms with van der Waals surface area (Å²) >= 11 is 0. The van der Waals surface area contributed by atoms with Crippen molar-refractivity contribution in [2.75, 3.05) is 6.54 Å². The van der Waals surface area contributed by atoms with Crippen LogP contribution >= 0.6 is 0 Å². The van der Waals surface area contributed by atoms with Gasteiger partial charge in [-0.05, 0) is 6.07 Å². The van der Waals surface area contributed by atoms with Crippen LogP contribution in [0.1, 0.15) is 0 Å². The van der Waals surface area contributed by atoms with Gasteiger partial charge in [0.25, 0.3) is 5.69 Å². The number of non-ortho nitro benzene ring substituents is 1. The molecular formula is C12H9N3O5. The molecule has 1 aromatic carbocycles. The van der Waals surface area contributed by atoms with Crippen molar-refractivity contribution in [3.05, 3.63) is 38.9 Å². The molecule has 2 aromatic rings. The van der Waals surface area contributed by atoms with Crippen molar-refractivity contribution in [2.45, 2.75) is 6.54 Å². The molecule has 0 saturated heterocycles. The molecule has 8 nitrogen and oxygen atoms in total. The van der Waals surface area contributed by atoms with E-state index in [0.29, 0.717) is 5.52 Å². The fourth-order valence-corrected chi connectivity index (χ4v) is 1.67. The van der Waals surface area contributed by atoms with Gasteiger partial charge in [0.1, 0.15) is 6.54 Å². The summed E-state index contributed by atoms with van der Waals surface area (Å²) in [5.41, 5.74) is 0.153. The smallest absolute Gasteiger partial charge is 0.407 e. The van der Waals surface area contributed by atoms with E-state index in [2.05, 4.69) is 11.2 Å². The van der Waals surface area contributed by atoms with Gasteiger partial charge in [-0.3, -0.25) is 19.5 Å². The number of fused-ring (bicyclic) bond motifs is 1.